The Kier molecular flexibility index (Phi) is 10.1. The van der Waals surface area contributed by atoms with Crippen molar-refractivity contribution in [3.63, 3.8) is 0 Å². The summed E-state index contributed by atoms with van der Waals surface area (Å²) in [6, 6.07) is 13.3. The molecule has 3 N–H and O–H groups in total. The van der Waals surface area contributed by atoms with Crippen LogP contribution < -0.4 is 10.6 Å². The van der Waals surface area contributed by atoms with Gasteiger partial charge in [0.05, 0.1) is 4.47 Å². The molecular weight excluding hydrogens is 640 g/mol. The number of benzene rings is 2. The molecule has 3 saturated heterocycles. The normalized spacial score (nSPS) is 21.1. The van der Waals surface area contributed by atoms with Crippen molar-refractivity contribution in [2.45, 2.75) is 56.7 Å². The second kappa shape index (κ2) is 14.4. The molecule has 0 spiro atoms. The summed E-state index contributed by atoms with van der Waals surface area (Å²) in [6.45, 7) is 6.84. The molecule has 4 aliphatic rings. The van der Waals surface area contributed by atoms with Crippen LogP contribution in [0.1, 0.15) is 36.8 Å². The average Bonchev–Trinajstić information content (AvgIpc) is 3.24. The molecule has 0 aromatic heterocycles. The van der Waals surface area contributed by atoms with E-state index in [0.717, 1.165) is 62.3 Å². The van der Waals surface area contributed by atoms with E-state index >= 15 is 0 Å². The number of carbonyl (C=O) groups excluding carboxylic acids is 3. The van der Waals surface area contributed by atoms with Gasteiger partial charge in [-0.3, -0.25) is 9.69 Å². The van der Waals surface area contributed by atoms with Gasteiger partial charge in [-0.1, -0.05) is 24.3 Å². The number of phenols is 1. The molecule has 1 unspecified atom stereocenters. The number of piperazine rings is 1. The fourth-order valence-corrected chi connectivity index (χ4v) is 7.49. The van der Waals surface area contributed by atoms with Gasteiger partial charge in [0.25, 0.3) is 5.91 Å². The lowest BCUT2D eigenvalue weighted by Crippen LogP contribution is -2.54. The topological polar surface area (TPSA) is 118 Å². The van der Waals surface area contributed by atoms with Gasteiger partial charge < -0.3 is 35.2 Å². The predicted molar refractivity (Wildman–Crippen MR) is 174 cm³/mol. The summed E-state index contributed by atoms with van der Waals surface area (Å²) in [5.41, 5.74) is 2.77. The zero-order valence-electron chi connectivity index (χ0n) is 25.6. The highest BCUT2D eigenvalue weighted by Gasteiger charge is 2.36. The van der Waals surface area contributed by atoms with Crippen molar-refractivity contribution < 1.29 is 24.2 Å². The lowest BCUT2D eigenvalue weighted by atomic mass is 10.0. The molecule has 4 heterocycles. The van der Waals surface area contributed by atoms with Gasteiger partial charge in [0.2, 0.25) is 0 Å². The summed E-state index contributed by atoms with van der Waals surface area (Å²) in [4.78, 5) is 48.3. The van der Waals surface area contributed by atoms with Crippen LogP contribution in [0.4, 0.5) is 15.3 Å². The number of carbonyl (C=O) groups is 3. The number of phenolic OH excluding ortho intramolecular Hbond substituents is 1. The van der Waals surface area contributed by atoms with E-state index in [-0.39, 0.29) is 30.2 Å². The van der Waals surface area contributed by atoms with E-state index in [9.17, 15) is 19.5 Å². The van der Waals surface area contributed by atoms with E-state index in [1.165, 1.54) is 0 Å². The first kappa shape index (κ1) is 31.6. The van der Waals surface area contributed by atoms with E-state index < -0.39 is 12.2 Å². The first-order valence-electron chi connectivity index (χ1n) is 16.2. The summed E-state index contributed by atoms with van der Waals surface area (Å²) in [7, 11) is 0. The molecule has 2 aromatic carbocycles. The Hall–Kier alpha value is -3.35. The van der Waals surface area contributed by atoms with E-state index in [1.807, 2.05) is 34.1 Å². The maximum atomic E-state index is 13.9. The van der Waals surface area contributed by atoms with Gasteiger partial charge in [-0.05, 0) is 77.4 Å². The lowest BCUT2D eigenvalue weighted by molar-refractivity contribution is -0.142. The molecule has 12 heteroatoms. The molecule has 4 amide bonds. The fraction of sp³-hybridized carbons (Fsp3) is 0.545. The van der Waals surface area contributed by atoms with Crippen molar-refractivity contribution in [2.75, 3.05) is 64.2 Å². The van der Waals surface area contributed by atoms with Crippen molar-refractivity contribution in [2.24, 2.45) is 0 Å². The number of piperidine rings is 2. The molecule has 0 radical (unpaired) electrons. The molecule has 3 fully saturated rings. The number of amides is 4. The standard InChI is InChI=1S/C33H43BrN6O5/c34-27-21-23(5-6-29(27)41)22-30(31(42)38-14-8-25(9-15-38)37-19-12-35-13-20-37)45-33(44)39-16-10-26(11-17-39)40-18-7-24-3-1-2-4-28(24)36-32(40)43/h1-6,21,25-26,30,35,41H,7-20,22H2,(H,36,43). The van der Waals surface area contributed by atoms with Gasteiger partial charge in [0.1, 0.15) is 5.75 Å². The maximum Gasteiger partial charge on any atom is 0.410 e. The maximum absolute atomic E-state index is 13.9. The number of urea groups is 1. The molecule has 45 heavy (non-hydrogen) atoms. The Morgan fingerprint density at radius 3 is 2.33 bits per heavy atom. The number of anilines is 1. The number of fused-ring (bicyclic) bond motifs is 1. The van der Waals surface area contributed by atoms with Crippen LogP contribution in [0.3, 0.4) is 0 Å². The Labute approximate surface area is 273 Å². The predicted octanol–water partition coefficient (Wildman–Crippen LogP) is 3.65. The van der Waals surface area contributed by atoms with E-state index in [4.69, 9.17) is 4.74 Å². The number of nitrogens with one attached hydrogen (secondary N) is 2. The second-order valence-electron chi connectivity index (χ2n) is 12.5. The number of rotatable bonds is 6. The van der Waals surface area contributed by atoms with Crippen LogP contribution in [0.2, 0.25) is 0 Å². The number of hydrogen-bond acceptors (Lipinski definition) is 7. The highest BCUT2D eigenvalue weighted by atomic mass is 79.9. The third-order valence-corrected chi connectivity index (χ3v) is 10.3. The molecular formula is C33H43BrN6O5. The minimum Gasteiger partial charge on any atom is -0.507 e. The van der Waals surface area contributed by atoms with Crippen molar-refractivity contribution in [3.8, 4) is 5.75 Å². The van der Waals surface area contributed by atoms with Gasteiger partial charge in [0, 0.05) is 83.1 Å². The molecule has 11 nitrogen and oxygen atoms in total. The summed E-state index contributed by atoms with van der Waals surface area (Å²) >= 11 is 3.36. The van der Waals surface area contributed by atoms with E-state index in [2.05, 4.69) is 31.5 Å². The SMILES string of the molecule is O=C(OC(Cc1ccc(O)c(Br)c1)C(=O)N1CCC(N2CCNCC2)CC1)N1CCC(N2CCc3ccccc3NC2=O)CC1. The molecule has 4 aliphatic heterocycles. The van der Waals surface area contributed by atoms with Gasteiger partial charge in [-0.15, -0.1) is 0 Å². The van der Waals surface area contributed by atoms with Gasteiger partial charge in [-0.2, -0.15) is 0 Å². The second-order valence-corrected chi connectivity index (χ2v) is 13.3. The fourth-order valence-electron chi connectivity index (χ4n) is 7.07. The molecule has 2 aromatic rings. The monoisotopic (exact) mass is 682 g/mol. The molecule has 0 saturated carbocycles. The third-order valence-electron chi connectivity index (χ3n) is 9.70. The van der Waals surface area contributed by atoms with Crippen LogP contribution in [0, 0.1) is 0 Å². The number of para-hydroxylation sites is 1. The quantitative estimate of drug-likeness (QED) is 0.426. The van der Waals surface area contributed by atoms with Crippen molar-refractivity contribution in [3.05, 3.63) is 58.1 Å². The first-order chi connectivity index (χ1) is 21.9. The molecule has 1 atom stereocenters. The number of likely N-dealkylation sites (tertiary alicyclic amines) is 2. The Balaban J connectivity index is 1.07. The number of hydrogen-bond donors (Lipinski definition) is 3. The molecule has 6 rings (SSSR count). The Bertz CT molecular complexity index is 1370. The van der Waals surface area contributed by atoms with Crippen LogP contribution in [-0.4, -0.2) is 120 Å². The summed E-state index contributed by atoms with van der Waals surface area (Å²) in [5, 5.41) is 16.4. The smallest absolute Gasteiger partial charge is 0.410 e. The zero-order valence-corrected chi connectivity index (χ0v) is 27.2. The molecule has 242 valence electrons. The van der Waals surface area contributed by atoms with Crippen LogP contribution >= 0.6 is 15.9 Å². The third kappa shape index (κ3) is 7.56. The zero-order chi connectivity index (χ0) is 31.3. The molecule has 0 bridgehead atoms. The van der Waals surface area contributed by atoms with Crippen LogP contribution in [0.15, 0.2) is 46.9 Å². The molecule has 0 aliphatic carbocycles. The van der Waals surface area contributed by atoms with Crippen molar-refractivity contribution >= 4 is 39.6 Å². The Morgan fingerprint density at radius 1 is 0.911 bits per heavy atom. The van der Waals surface area contributed by atoms with Crippen LogP contribution in [-0.2, 0) is 22.4 Å². The summed E-state index contributed by atoms with van der Waals surface area (Å²) in [6.07, 6.45) is 2.60. The van der Waals surface area contributed by atoms with E-state index in [1.54, 1.807) is 23.1 Å². The van der Waals surface area contributed by atoms with Crippen molar-refractivity contribution in [1.82, 2.24) is 24.9 Å². The highest BCUT2D eigenvalue weighted by molar-refractivity contribution is 9.10. The first-order valence-corrected chi connectivity index (χ1v) is 17.0. The van der Waals surface area contributed by atoms with Crippen LogP contribution in [0.25, 0.3) is 0 Å². The summed E-state index contributed by atoms with van der Waals surface area (Å²) in [5.74, 6) is -0.0690. The van der Waals surface area contributed by atoms with Gasteiger partial charge in [-0.25, -0.2) is 9.59 Å². The Morgan fingerprint density at radius 2 is 1.60 bits per heavy atom. The minimum atomic E-state index is -0.975. The van der Waals surface area contributed by atoms with Gasteiger partial charge in [0.15, 0.2) is 6.10 Å². The van der Waals surface area contributed by atoms with Crippen LogP contribution in [0.5, 0.6) is 5.75 Å². The van der Waals surface area contributed by atoms with Gasteiger partial charge >= 0.3 is 12.1 Å². The number of nitrogens with zero attached hydrogens (tertiary/aromatic N) is 4. The van der Waals surface area contributed by atoms with Crippen molar-refractivity contribution in [1.29, 1.82) is 0 Å². The highest BCUT2D eigenvalue weighted by Crippen LogP contribution is 2.28. The average molecular weight is 684 g/mol. The number of aromatic hydroxyl groups is 1. The number of ether oxygens (including phenoxy) is 1. The number of halogens is 1. The lowest BCUT2D eigenvalue weighted by Gasteiger charge is -2.41. The van der Waals surface area contributed by atoms with E-state index in [0.29, 0.717) is 56.1 Å². The minimum absolute atomic E-state index is 0.0205. The summed E-state index contributed by atoms with van der Waals surface area (Å²) < 4.78 is 6.52. The largest absolute Gasteiger partial charge is 0.507 e.